The van der Waals surface area contributed by atoms with Crippen molar-refractivity contribution in [2.24, 2.45) is 53.3 Å². The maximum Gasteiger partial charge on any atom is 0.501 e. The molecule has 0 aliphatic heterocycles. The van der Waals surface area contributed by atoms with E-state index < -0.39 is 31.3 Å². The Morgan fingerprint density at radius 2 is 0.523 bits per heavy atom. The van der Waals surface area contributed by atoms with E-state index in [1.54, 1.807) is 0 Å². The molecule has 0 aliphatic carbocycles. The van der Waals surface area contributed by atoms with E-state index >= 15 is 0 Å². The largest absolute Gasteiger partial charge is 0.501 e. The van der Waals surface area contributed by atoms with Crippen molar-refractivity contribution in [3.8, 4) is 0 Å². The lowest BCUT2D eigenvalue weighted by molar-refractivity contribution is 0.204. The highest BCUT2D eigenvalue weighted by Crippen LogP contribution is 2.76. The molecule has 0 aromatic rings. The minimum atomic E-state index is -5.87. The number of hydrogen-bond donors (Lipinski definition) is 3. The monoisotopic (exact) mass is 1060 g/mol. The molecule has 0 aromatic carbocycles. The molecule has 12 unspecified atom stereocenters. The van der Waals surface area contributed by atoms with Gasteiger partial charge in [-0.3, -0.25) is 0 Å². The zero-order valence-corrected chi connectivity index (χ0v) is 48.6. The van der Waals surface area contributed by atoms with Gasteiger partial charge in [0.2, 0.25) is 0 Å². The molecule has 65 heavy (non-hydrogen) atoms. The average molecular weight is 1070 g/mol. The van der Waals surface area contributed by atoms with Crippen molar-refractivity contribution in [3.05, 3.63) is 0 Å². The lowest BCUT2D eigenvalue weighted by Gasteiger charge is -2.23. The van der Waals surface area contributed by atoms with Crippen LogP contribution in [0.25, 0.3) is 0 Å². The maximum atomic E-state index is 13.8. The summed E-state index contributed by atoms with van der Waals surface area (Å²) in [6.45, 7) is 26.1. The van der Waals surface area contributed by atoms with E-state index in [2.05, 4.69) is 62.3 Å². The van der Waals surface area contributed by atoms with E-state index in [-0.39, 0.29) is 35.0 Å². The Hall–Kier alpha value is 1.61. The van der Waals surface area contributed by atoms with E-state index in [0.29, 0.717) is 53.9 Å². The first-order valence-electron chi connectivity index (χ1n) is 25.0. The van der Waals surface area contributed by atoms with Gasteiger partial charge in [0.25, 0.3) is 0 Å². The maximum absolute atomic E-state index is 13.8. The first-order valence-corrected chi connectivity index (χ1v) is 33.7. The summed E-state index contributed by atoms with van der Waals surface area (Å²) < 4.78 is 82.1. The van der Waals surface area contributed by atoms with Crippen molar-refractivity contribution in [3.63, 3.8) is 0 Å². The first kappa shape index (κ1) is 66.6. The average Bonchev–Trinajstić information content (AvgIpc) is 3.19. The van der Waals surface area contributed by atoms with E-state index in [9.17, 15) is 32.9 Å². The minimum Gasteiger partial charge on any atom is -0.302 e. The van der Waals surface area contributed by atoms with Crippen LogP contribution in [0.15, 0.2) is 0 Å². The topological polar surface area (TPSA) is 184 Å². The third kappa shape index (κ3) is 38.9. The van der Waals surface area contributed by atoms with Gasteiger partial charge in [-0.15, -0.1) is 0 Å². The van der Waals surface area contributed by atoms with Crippen LogP contribution in [0.4, 0.5) is 0 Å². The number of hydrogen-bond acceptors (Lipinski definition) is 13. The van der Waals surface area contributed by atoms with Crippen LogP contribution in [0.3, 0.4) is 0 Å². The van der Waals surface area contributed by atoms with E-state index in [1.807, 2.05) is 20.8 Å². The van der Waals surface area contributed by atoms with Crippen LogP contribution in [0.1, 0.15) is 218 Å². The van der Waals surface area contributed by atoms with Crippen molar-refractivity contribution in [2.75, 3.05) is 17.3 Å². The zero-order chi connectivity index (χ0) is 49.5. The molecule has 12 atom stereocenters. The van der Waals surface area contributed by atoms with Gasteiger partial charge in [0.15, 0.2) is 0 Å². The van der Waals surface area contributed by atoms with Crippen molar-refractivity contribution in [1.29, 1.82) is 0 Å². The molecular weight excluding hydrogens is 969 g/mol. The van der Waals surface area contributed by atoms with E-state index in [4.69, 9.17) is 24.8 Å². The van der Waals surface area contributed by atoms with Gasteiger partial charge in [0, 0.05) is 53.4 Å². The Bertz CT molecular complexity index is 1230. The third-order valence-corrected chi connectivity index (χ3v) is 23.1. The van der Waals surface area contributed by atoms with Crippen LogP contribution in [0.2, 0.25) is 0 Å². The quantitative estimate of drug-likeness (QED) is 0.0386. The van der Waals surface area contributed by atoms with Gasteiger partial charge in [0.1, 0.15) is 0 Å². The van der Waals surface area contributed by atoms with Crippen molar-refractivity contribution < 1.29 is 57.8 Å². The molecule has 0 amide bonds. The molecule has 0 bridgehead atoms. The molecule has 0 saturated carbocycles. The molecule has 0 aromatic heterocycles. The van der Waals surface area contributed by atoms with Gasteiger partial charge in [-0.1, -0.05) is 199 Å². The predicted molar refractivity (Wildman–Crippen MR) is 277 cm³/mol. The van der Waals surface area contributed by atoms with Gasteiger partial charge in [-0.2, -0.15) is 12.9 Å². The summed E-state index contributed by atoms with van der Waals surface area (Å²) in [6, 6.07) is 0. The molecule has 0 fully saturated rings. The van der Waals surface area contributed by atoms with Gasteiger partial charge in [-0.05, 0) is 72.5 Å². The number of phosphoric acid groups is 4. The molecule has 0 spiro atoms. The fraction of sp³-hybridized carbons (Fsp3) is 1.00. The van der Waals surface area contributed by atoms with Crippen molar-refractivity contribution in [2.45, 2.75) is 218 Å². The van der Waals surface area contributed by atoms with Gasteiger partial charge in [0.05, 0.1) is 0 Å². The third-order valence-electron chi connectivity index (χ3n) is 12.6. The molecule has 0 radical (unpaired) electrons. The first-order chi connectivity index (χ1) is 30.3. The Morgan fingerprint density at radius 3 is 0.723 bits per heavy atom. The highest BCUT2D eigenvalue weighted by molar-refractivity contribution is 7.99. The Morgan fingerprint density at radius 1 is 0.338 bits per heavy atom. The second kappa shape index (κ2) is 37.4. The molecule has 392 valence electrons. The SMILES string of the molecule is CCC(C)CCCC(C)CCCC(C)CSOP(=O)(O)OP(=O)(OP(=O)(O)OSCC(C)CCCC(C)CCCC(C)CC)OP(=O)(O)OSCC(C)CCCC(C)CCCC(C)CC. The minimum absolute atomic E-state index is 0.0771. The highest BCUT2D eigenvalue weighted by atomic mass is 32.2. The lowest BCUT2D eigenvalue weighted by atomic mass is 9.93. The molecule has 0 aliphatic rings. The summed E-state index contributed by atoms with van der Waals surface area (Å²) in [7, 11) is -22.1. The fourth-order valence-corrected chi connectivity index (χ4v) is 16.1. The van der Waals surface area contributed by atoms with Crippen LogP contribution in [-0.4, -0.2) is 31.9 Å². The summed E-state index contributed by atoms with van der Waals surface area (Å²) in [5.41, 5.74) is 0. The summed E-state index contributed by atoms with van der Waals surface area (Å²) in [5, 5.41) is 0. The lowest BCUT2D eigenvalue weighted by Crippen LogP contribution is -2.04. The Balaban J connectivity index is 5.40. The van der Waals surface area contributed by atoms with Crippen LogP contribution in [0.5, 0.6) is 0 Å². The number of rotatable bonds is 45. The summed E-state index contributed by atoms with van der Waals surface area (Å²) in [6.07, 6.45) is 23.0. The highest BCUT2D eigenvalue weighted by Gasteiger charge is 2.50. The smallest absolute Gasteiger partial charge is 0.302 e. The second-order valence-corrected chi connectivity index (χ2v) is 29.1. The standard InChI is InChI=1S/C45H96O13P4S3/c1-13-37(4)22-16-25-40(7)28-19-31-43(10)34-63-56-59(46,47)53-62(52,54-60(48,49)57-64-35-44(11)32-20-29-41(8)26-17-23-38(5)14-2)55-61(50,51)58-65-36-45(12)33-21-30-42(9)27-18-24-39(6)15-3/h37-45H,13-36H2,1-12H3,(H,46,47)(H,48,49)(H,50,51). The van der Waals surface area contributed by atoms with Crippen molar-refractivity contribution in [1.82, 2.24) is 0 Å². The van der Waals surface area contributed by atoms with Gasteiger partial charge >= 0.3 is 31.3 Å². The summed E-state index contributed by atoms with van der Waals surface area (Å²) >= 11 is 1.74. The van der Waals surface area contributed by atoms with Crippen LogP contribution in [0, 0.1) is 53.3 Å². The molecule has 0 heterocycles. The van der Waals surface area contributed by atoms with Gasteiger partial charge in [-0.25, -0.2) is 30.2 Å². The van der Waals surface area contributed by atoms with Crippen molar-refractivity contribution >= 4 is 67.4 Å². The van der Waals surface area contributed by atoms with Crippen LogP contribution >= 0.6 is 67.4 Å². The molecule has 0 rings (SSSR count). The molecule has 13 nitrogen and oxygen atoms in total. The fourth-order valence-electron chi connectivity index (χ4n) is 7.29. The van der Waals surface area contributed by atoms with Crippen LogP contribution < -0.4 is 0 Å². The molecule has 20 heteroatoms. The van der Waals surface area contributed by atoms with E-state index in [0.717, 1.165) is 75.5 Å². The Kier molecular flexibility index (Phi) is 38.3. The molecule has 3 N–H and O–H groups in total. The zero-order valence-electron chi connectivity index (χ0n) is 42.6. The van der Waals surface area contributed by atoms with E-state index in [1.165, 1.54) is 77.0 Å². The summed E-state index contributed by atoms with van der Waals surface area (Å²) in [5.74, 6) is 5.03. The molecule has 0 saturated heterocycles. The Labute approximate surface area is 411 Å². The summed E-state index contributed by atoms with van der Waals surface area (Å²) in [4.78, 5) is 31.7. The van der Waals surface area contributed by atoms with Crippen LogP contribution in [-0.2, 0) is 43.1 Å². The second-order valence-electron chi connectivity index (χ2n) is 19.9. The predicted octanol–water partition coefficient (Wildman–Crippen LogP) is 18.4. The molecular formula is C45H96O13P4S3. The van der Waals surface area contributed by atoms with Gasteiger partial charge < -0.3 is 14.7 Å². The normalized spacial score (nSPS) is 20.3.